The maximum absolute atomic E-state index is 7.15. The summed E-state index contributed by atoms with van der Waals surface area (Å²) in [6.07, 6.45) is 10.5. The van der Waals surface area contributed by atoms with E-state index in [0.717, 1.165) is 134 Å². The predicted molar refractivity (Wildman–Crippen MR) is 564 cm³/mol. The standard InChI is InChI=1S/C108H84N18O6S6/c1-7-19-79(20-8-1)97-67-133-103(115-97)121-109-55-73-31-43-85(44-32-73)127-61-91-92(62-128-86-45-33-74(34-46-86)56-110-122-104-116-98(68-134-104)80-21-9-2-10-22-80)94(64-130-88-49-37-76(38-50-88)58-112-124-106-118-100(70-136-106)82-25-13-4-14-26-82)96(66-132-90-53-41-78(42-54-90)60-114-126-108-120-102(72-138-108)84-29-17-6-18-30-84)95(65-131-89-51-39-77(40-52-89)59-113-125-107-119-101(71-137-107)83-27-15-5-16-28-83)93(91)63-129-87-47-35-75(36-48-87)57-111-123-105-117-99(69-135-105)81-23-11-3-12-24-81/h1-60,67-72H,61-66H2,(H,115,121)(H,116,122)(H,117,123)(H,118,124)(H,119,125)(H,120,126)/b109-55+,110-56+,111-57+,112-58+,113-59+,114-60+. The number of ether oxygens (including phenoxy) is 6. The Morgan fingerprint density at radius 3 is 0.457 bits per heavy atom. The highest BCUT2D eigenvalue weighted by molar-refractivity contribution is 7.15. The van der Waals surface area contributed by atoms with Crippen LogP contribution in [-0.4, -0.2) is 67.2 Å². The lowest BCUT2D eigenvalue weighted by Crippen LogP contribution is -2.21. The summed E-state index contributed by atoms with van der Waals surface area (Å²) in [4.78, 5) is 28.7. The lowest BCUT2D eigenvalue weighted by Gasteiger charge is -2.28. The number of hydrogen-bond donors (Lipinski definition) is 6. The summed E-state index contributed by atoms with van der Waals surface area (Å²) < 4.78 is 42.9. The van der Waals surface area contributed by atoms with E-state index in [2.05, 4.69) is 63.2 Å². The number of thiazole rings is 6. The van der Waals surface area contributed by atoms with Gasteiger partial charge in [-0.1, -0.05) is 182 Å². The van der Waals surface area contributed by atoms with Crippen molar-refractivity contribution >= 4 is 136 Å². The Morgan fingerprint density at radius 1 is 0.181 bits per heavy atom. The van der Waals surface area contributed by atoms with E-state index in [9.17, 15) is 0 Å². The first kappa shape index (κ1) is 90.4. The third kappa shape index (κ3) is 24.8. The van der Waals surface area contributed by atoms with Crippen molar-refractivity contribution in [3.8, 4) is 102 Å². The Morgan fingerprint density at radius 2 is 0.319 bits per heavy atom. The second-order valence-electron chi connectivity index (χ2n) is 30.7. The predicted octanol–water partition coefficient (Wildman–Crippen LogP) is 26.6. The van der Waals surface area contributed by atoms with Gasteiger partial charge in [-0.15, -0.1) is 68.0 Å². The molecule has 0 radical (unpaired) electrons. The van der Waals surface area contributed by atoms with Crippen molar-refractivity contribution in [2.75, 3.05) is 32.6 Å². The van der Waals surface area contributed by atoms with Gasteiger partial charge in [0.2, 0.25) is 30.8 Å². The van der Waals surface area contributed by atoms with E-state index in [1.165, 1.54) is 68.0 Å². The van der Waals surface area contributed by atoms with E-state index in [0.29, 0.717) is 65.3 Å². The zero-order valence-corrected chi connectivity index (χ0v) is 78.5. The Labute approximate surface area is 819 Å². The maximum atomic E-state index is 7.15. The van der Waals surface area contributed by atoms with Gasteiger partial charge in [0.25, 0.3) is 0 Å². The fraction of sp³-hybridized carbons (Fsp3) is 0.0556. The third-order valence-electron chi connectivity index (χ3n) is 21.5. The van der Waals surface area contributed by atoms with Crippen LogP contribution in [0.2, 0.25) is 0 Å². The van der Waals surface area contributed by atoms with Gasteiger partial charge < -0.3 is 28.4 Å². The van der Waals surface area contributed by atoms with Crippen LogP contribution in [0.25, 0.3) is 67.5 Å². The molecule has 6 heterocycles. The molecular formula is C108H84N18O6S6. The number of hydrogen-bond acceptors (Lipinski definition) is 30. The monoisotopic (exact) mass is 1920 g/mol. The number of nitrogens with one attached hydrogen (secondary N) is 6. The molecule has 0 atom stereocenters. The number of rotatable bonds is 42. The highest BCUT2D eigenvalue weighted by Crippen LogP contribution is 2.38. The number of aromatic nitrogens is 6. The minimum Gasteiger partial charge on any atom is -0.489 e. The molecule has 0 fully saturated rings. The molecule has 0 aliphatic heterocycles. The van der Waals surface area contributed by atoms with E-state index >= 15 is 0 Å². The number of benzene rings is 13. The molecule has 0 saturated carbocycles. The molecule has 0 aliphatic rings. The normalized spacial score (nSPS) is 11.5. The smallest absolute Gasteiger partial charge is 0.203 e. The molecule has 0 spiro atoms. The number of hydrazone groups is 6. The van der Waals surface area contributed by atoms with Gasteiger partial charge in [-0.25, -0.2) is 29.9 Å². The summed E-state index contributed by atoms with van der Waals surface area (Å²) in [6, 6.07) is 107. The quantitative estimate of drug-likeness (QED) is 0.0153. The van der Waals surface area contributed by atoms with Crippen LogP contribution in [0.15, 0.2) is 390 Å². The molecule has 678 valence electrons. The molecule has 6 N–H and O–H groups in total. The van der Waals surface area contributed by atoms with Gasteiger partial charge in [-0.3, -0.25) is 32.6 Å². The summed E-state index contributed by atoms with van der Waals surface area (Å²) in [5.74, 6) is 3.42. The van der Waals surface area contributed by atoms with Crippen molar-refractivity contribution in [2.45, 2.75) is 39.6 Å². The molecule has 19 aromatic rings. The number of anilines is 6. The van der Waals surface area contributed by atoms with E-state index in [-0.39, 0.29) is 39.6 Å². The lowest BCUT2D eigenvalue weighted by atomic mass is 9.87. The van der Waals surface area contributed by atoms with Crippen molar-refractivity contribution in [3.05, 3.63) is 427 Å². The fourth-order valence-electron chi connectivity index (χ4n) is 14.3. The average molecular weight is 1920 g/mol. The first-order valence-corrected chi connectivity index (χ1v) is 48.9. The minimum atomic E-state index is -0.00808. The van der Waals surface area contributed by atoms with Crippen LogP contribution in [0.3, 0.4) is 0 Å². The van der Waals surface area contributed by atoms with Gasteiger partial charge in [0.15, 0.2) is 0 Å². The molecular weight excluding hydrogens is 1840 g/mol. The second kappa shape index (κ2) is 45.8. The van der Waals surface area contributed by atoms with Crippen LogP contribution < -0.4 is 61.0 Å². The first-order valence-electron chi connectivity index (χ1n) is 43.6. The minimum absolute atomic E-state index is 0.00808. The second-order valence-corrected chi connectivity index (χ2v) is 35.8. The van der Waals surface area contributed by atoms with E-state index in [1.54, 1.807) is 37.3 Å². The first-order chi connectivity index (χ1) is 68.3. The topological polar surface area (TPSA) is 279 Å². The molecule has 0 aliphatic carbocycles. The van der Waals surface area contributed by atoms with Crippen LogP contribution in [0.5, 0.6) is 34.5 Å². The molecule has 6 aromatic heterocycles. The highest BCUT2D eigenvalue weighted by Gasteiger charge is 2.28. The zero-order chi connectivity index (χ0) is 92.9. The highest BCUT2D eigenvalue weighted by atomic mass is 32.1. The summed E-state index contributed by atoms with van der Waals surface area (Å²) in [5, 5.41) is 43.6. The Balaban J connectivity index is 0.689. The van der Waals surface area contributed by atoms with Gasteiger partial charge in [0.05, 0.1) is 71.5 Å². The molecule has 13 aromatic carbocycles. The Kier molecular flexibility index (Phi) is 30.0. The van der Waals surface area contributed by atoms with Gasteiger partial charge >= 0.3 is 0 Å². The molecule has 0 bridgehead atoms. The van der Waals surface area contributed by atoms with Gasteiger partial charge in [-0.05, 0) is 179 Å². The van der Waals surface area contributed by atoms with Crippen molar-refractivity contribution in [1.82, 2.24) is 29.9 Å². The maximum Gasteiger partial charge on any atom is 0.203 e. The molecule has 0 saturated heterocycles. The van der Waals surface area contributed by atoms with E-state index in [4.69, 9.17) is 58.3 Å². The van der Waals surface area contributed by atoms with E-state index in [1.807, 2.05) is 360 Å². The SMILES string of the molecule is C(=N\Nc1nc(-c2ccccc2)cs1)/c1ccc(OCc2c(COc3ccc(/C=N/Nc4nc(-c5ccccc5)cs4)cc3)c(COc3ccc(/C=N/Nc4nc(-c5ccccc5)cs4)cc3)c(COc3ccc(/C=N/Nc4nc(-c5ccccc5)cs4)cc3)c(COc3ccc(/C=N/Nc4nc(-c5ccccc5)cs4)cc3)c2COc2ccc(/C=N/Nc3nc(-c4ccccc4)cs3)cc2)cc1. The summed E-state index contributed by atoms with van der Waals surface area (Å²) >= 11 is 8.85. The molecule has 30 heteroatoms. The van der Waals surface area contributed by atoms with Gasteiger partial charge in [0, 0.05) is 99.0 Å². The van der Waals surface area contributed by atoms with Crippen LogP contribution in [0, 0.1) is 0 Å². The molecule has 0 unspecified atom stereocenters. The Bertz CT molecular complexity index is 6210. The molecule has 19 rings (SSSR count). The van der Waals surface area contributed by atoms with Crippen LogP contribution in [0.1, 0.15) is 66.8 Å². The molecule has 24 nitrogen and oxygen atoms in total. The van der Waals surface area contributed by atoms with Crippen LogP contribution >= 0.6 is 68.0 Å². The van der Waals surface area contributed by atoms with Crippen molar-refractivity contribution in [3.63, 3.8) is 0 Å². The number of nitrogens with zero attached hydrogens (tertiary/aromatic N) is 12. The summed E-state index contributed by atoms with van der Waals surface area (Å²) in [7, 11) is 0. The van der Waals surface area contributed by atoms with Gasteiger partial charge in [0.1, 0.15) is 74.1 Å². The zero-order valence-electron chi connectivity index (χ0n) is 73.6. The molecule has 138 heavy (non-hydrogen) atoms. The lowest BCUT2D eigenvalue weighted by molar-refractivity contribution is 0.249. The van der Waals surface area contributed by atoms with Crippen LogP contribution in [0.4, 0.5) is 30.8 Å². The average Bonchev–Trinajstić information content (AvgIpc) is 0.877. The van der Waals surface area contributed by atoms with Gasteiger partial charge in [-0.2, -0.15) is 30.6 Å². The summed E-state index contributed by atoms with van der Waals surface area (Å²) in [5.41, 5.74) is 39.4. The van der Waals surface area contributed by atoms with Crippen LogP contribution in [-0.2, 0) is 39.6 Å². The van der Waals surface area contributed by atoms with Crippen molar-refractivity contribution in [2.24, 2.45) is 30.6 Å². The van der Waals surface area contributed by atoms with Crippen molar-refractivity contribution < 1.29 is 28.4 Å². The van der Waals surface area contributed by atoms with Crippen molar-refractivity contribution in [1.29, 1.82) is 0 Å². The van der Waals surface area contributed by atoms with E-state index < -0.39 is 0 Å². The summed E-state index contributed by atoms with van der Waals surface area (Å²) in [6.45, 7) is -0.0485. The fourth-order valence-corrected chi connectivity index (χ4v) is 18.4. The molecule has 0 amide bonds. The largest absolute Gasteiger partial charge is 0.489 e. The third-order valence-corrected chi connectivity index (χ3v) is 25.9. The Hall–Kier alpha value is -16.7.